The van der Waals surface area contributed by atoms with Gasteiger partial charge in [0.25, 0.3) is 11.8 Å². The summed E-state index contributed by atoms with van der Waals surface area (Å²) in [5.41, 5.74) is 3.07. The Bertz CT molecular complexity index is 1080. The highest BCUT2D eigenvalue weighted by Crippen LogP contribution is 2.28. The Morgan fingerprint density at radius 3 is 2.70 bits per heavy atom. The molecule has 1 aliphatic rings. The second kappa shape index (κ2) is 6.20. The predicted octanol–water partition coefficient (Wildman–Crippen LogP) is 2.44. The van der Waals surface area contributed by atoms with Gasteiger partial charge in [-0.3, -0.25) is 15.0 Å². The van der Waals surface area contributed by atoms with E-state index in [0.29, 0.717) is 26.1 Å². The lowest BCUT2D eigenvalue weighted by atomic mass is 9.92. The number of rotatable bonds is 3. The van der Waals surface area contributed by atoms with Gasteiger partial charge < -0.3 is 10.3 Å². The van der Waals surface area contributed by atoms with E-state index in [2.05, 4.69) is 36.6 Å². The van der Waals surface area contributed by atoms with Crippen LogP contribution in [0, 0.1) is 0 Å². The van der Waals surface area contributed by atoms with Gasteiger partial charge in [0.05, 0.1) is 17.4 Å². The largest absolute Gasteiger partial charge is 0.345 e. The van der Waals surface area contributed by atoms with Crippen LogP contribution >= 0.6 is 15.9 Å². The Morgan fingerprint density at radius 2 is 1.96 bits per heavy atom. The lowest BCUT2D eigenvalue weighted by molar-refractivity contribution is -0.132. The lowest BCUT2D eigenvalue weighted by Gasteiger charge is -2.22. The topological polar surface area (TPSA) is 107 Å². The van der Waals surface area contributed by atoms with Crippen molar-refractivity contribution < 1.29 is 14.4 Å². The van der Waals surface area contributed by atoms with E-state index in [1.54, 1.807) is 43.3 Å². The molecule has 0 spiro atoms. The molecular formula is C18H14BrN5O3. The maximum absolute atomic E-state index is 12.9. The van der Waals surface area contributed by atoms with Crippen molar-refractivity contribution in [3.63, 3.8) is 0 Å². The van der Waals surface area contributed by atoms with Crippen molar-refractivity contribution >= 4 is 44.8 Å². The number of amides is 4. The maximum atomic E-state index is 12.9. The highest BCUT2D eigenvalue weighted by molar-refractivity contribution is 9.10. The second-order valence-corrected chi connectivity index (χ2v) is 7.17. The van der Waals surface area contributed by atoms with Crippen LogP contribution in [0.15, 0.2) is 53.3 Å². The van der Waals surface area contributed by atoms with E-state index in [0.717, 1.165) is 0 Å². The normalized spacial score (nSPS) is 19.4. The molecular weight excluding hydrogens is 414 g/mol. The fraction of sp³-hybridized carbons (Fsp3) is 0.111. The Morgan fingerprint density at radius 1 is 1.22 bits per heavy atom. The SMILES string of the molecule is CC1(c2ccccc2)NC(=O)N(NC(=O)c2cc(Br)cc3[nH]cnc23)C1=O. The van der Waals surface area contributed by atoms with E-state index in [-0.39, 0.29) is 5.56 Å². The van der Waals surface area contributed by atoms with Gasteiger partial charge in [-0.2, -0.15) is 5.01 Å². The minimum Gasteiger partial charge on any atom is -0.345 e. The summed E-state index contributed by atoms with van der Waals surface area (Å²) < 4.78 is 0.663. The number of hydrogen-bond donors (Lipinski definition) is 3. The van der Waals surface area contributed by atoms with Crippen LogP contribution in [-0.2, 0) is 10.3 Å². The minimum atomic E-state index is -1.26. The predicted molar refractivity (Wildman–Crippen MR) is 100 cm³/mol. The summed E-state index contributed by atoms with van der Waals surface area (Å²) in [6.45, 7) is 1.60. The molecule has 0 bridgehead atoms. The highest BCUT2D eigenvalue weighted by Gasteiger charge is 2.50. The first kappa shape index (κ1) is 17.2. The van der Waals surface area contributed by atoms with Crippen LogP contribution in [0.5, 0.6) is 0 Å². The first-order valence-electron chi connectivity index (χ1n) is 8.06. The summed E-state index contributed by atoms with van der Waals surface area (Å²) in [6, 6.07) is 11.5. The fourth-order valence-corrected chi connectivity index (χ4v) is 3.52. The summed E-state index contributed by atoms with van der Waals surface area (Å²) in [7, 11) is 0. The second-order valence-electron chi connectivity index (χ2n) is 6.25. The number of urea groups is 1. The number of fused-ring (bicyclic) bond motifs is 1. The quantitative estimate of drug-likeness (QED) is 0.557. The molecule has 9 heteroatoms. The number of imidazole rings is 1. The molecule has 1 atom stereocenters. The molecule has 1 fully saturated rings. The molecule has 1 unspecified atom stereocenters. The summed E-state index contributed by atoms with van der Waals surface area (Å²) in [6.07, 6.45) is 1.47. The van der Waals surface area contributed by atoms with Gasteiger partial charge in [0.1, 0.15) is 11.1 Å². The van der Waals surface area contributed by atoms with Crippen LogP contribution in [-0.4, -0.2) is 32.8 Å². The highest BCUT2D eigenvalue weighted by atomic mass is 79.9. The number of carbonyl (C=O) groups excluding carboxylic acids is 3. The van der Waals surface area contributed by atoms with Crippen LogP contribution in [0.2, 0.25) is 0 Å². The van der Waals surface area contributed by atoms with Gasteiger partial charge in [-0.15, -0.1) is 0 Å². The van der Waals surface area contributed by atoms with E-state index in [4.69, 9.17) is 0 Å². The summed E-state index contributed by atoms with van der Waals surface area (Å²) >= 11 is 3.33. The summed E-state index contributed by atoms with van der Waals surface area (Å²) in [5, 5.41) is 3.34. The van der Waals surface area contributed by atoms with E-state index >= 15 is 0 Å². The Kier molecular flexibility index (Phi) is 3.96. The fourth-order valence-electron chi connectivity index (χ4n) is 3.06. The molecule has 3 N–H and O–H groups in total. The van der Waals surface area contributed by atoms with Gasteiger partial charge in [0.15, 0.2) is 0 Å². The number of H-pyrrole nitrogens is 1. The number of nitrogens with one attached hydrogen (secondary N) is 3. The summed E-state index contributed by atoms with van der Waals surface area (Å²) in [4.78, 5) is 45.0. The zero-order valence-corrected chi connectivity index (χ0v) is 15.7. The first-order chi connectivity index (χ1) is 12.9. The molecule has 3 aromatic rings. The van der Waals surface area contributed by atoms with E-state index in [1.807, 2.05) is 6.07 Å². The Balaban J connectivity index is 1.64. The molecule has 8 nitrogen and oxygen atoms in total. The van der Waals surface area contributed by atoms with Gasteiger partial charge in [-0.05, 0) is 24.6 Å². The molecule has 4 amide bonds. The van der Waals surface area contributed by atoms with Crippen LogP contribution in [0.3, 0.4) is 0 Å². The van der Waals surface area contributed by atoms with Crippen molar-refractivity contribution in [2.45, 2.75) is 12.5 Å². The molecule has 2 aromatic carbocycles. The number of hydrogen-bond acceptors (Lipinski definition) is 4. The van der Waals surface area contributed by atoms with Crippen molar-refractivity contribution in [3.8, 4) is 0 Å². The molecule has 1 aromatic heterocycles. The molecule has 4 rings (SSSR count). The number of aromatic amines is 1. The smallest absolute Gasteiger partial charge is 0.344 e. The molecule has 1 saturated heterocycles. The third kappa shape index (κ3) is 2.76. The van der Waals surface area contributed by atoms with Crippen LogP contribution in [0.4, 0.5) is 4.79 Å². The number of carbonyl (C=O) groups is 3. The average molecular weight is 428 g/mol. The van der Waals surface area contributed by atoms with Crippen molar-refractivity contribution in [3.05, 3.63) is 64.4 Å². The van der Waals surface area contributed by atoms with E-state index in [9.17, 15) is 14.4 Å². The van der Waals surface area contributed by atoms with Gasteiger partial charge in [0.2, 0.25) is 0 Å². The van der Waals surface area contributed by atoms with Crippen LogP contribution in [0.25, 0.3) is 11.0 Å². The molecule has 1 aliphatic heterocycles. The zero-order chi connectivity index (χ0) is 19.2. The zero-order valence-electron chi connectivity index (χ0n) is 14.1. The number of hydrazine groups is 1. The monoisotopic (exact) mass is 427 g/mol. The van der Waals surface area contributed by atoms with Crippen LogP contribution < -0.4 is 10.7 Å². The molecule has 27 heavy (non-hydrogen) atoms. The summed E-state index contributed by atoms with van der Waals surface area (Å²) in [5.74, 6) is -1.19. The average Bonchev–Trinajstić information content (AvgIpc) is 3.20. The van der Waals surface area contributed by atoms with Crippen LogP contribution in [0.1, 0.15) is 22.8 Å². The Hall–Kier alpha value is -3.20. The molecule has 0 radical (unpaired) electrons. The third-order valence-corrected chi connectivity index (χ3v) is 4.95. The minimum absolute atomic E-state index is 0.231. The van der Waals surface area contributed by atoms with Crippen molar-refractivity contribution in [1.29, 1.82) is 0 Å². The maximum Gasteiger partial charge on any atom is 0.344 e. The first-order valence-corrected chi connectivity index (χ1v) is 8.85. The molecule has 136 valence electrons. The number of aromatic nitrogens is 2. The number of imide groups is 1. The number of halogens is 1. The Labute approximate surface area is 162 Å². The van der Waals surface area contributed by atoms with E-state index in [1.165, 1.54) is 6.33 Å². The van der Waals surface area contributed by atoms with Crippen molar-refractivity contribution in [2.75, 3.05) is 0 Å². The molecule has 2 heterocycles. The van der Waals surface area contributed by atoms with Gasteiger partial charge in [-0.1, -0.05) is 46.3 Å². The number of nitrogens with zero attached hydrogens (tertiary/aromatic N) is 2. The molecule has 0 saturated carbocycles. The van der Waals surface area contributed by atoms with Gasteiger partial charge >= 0.3 is 6.03 Å². The standard InChI is InChI=1S/C18H14BrN5O3/c1-18(10-5-3-2-4-6-10)16(26)24(17(27)22-18)23-15(25)12-7-11(19)8-13-14(12)21-9-20-13/h2-9H,1H3,(H,20,21)(H,22,27)(H,23,25). The lowest BCUT2D eigenvalue weighted by Crippen LogP contribution is -2.48. The van der Waals surface area contributed by atoms with Gasteiger partial charge in [0, 0.05) is 4.47 Å². The third-order valence-electron chi connectivity index (χ3n) is 4.49. The van der Waals surface area contributed by atoms with Gasteiger partial charge in [-0.25, -0.2) is 9.78 Å². The molecule has 0 aliphatic carbocycles. The van der Waals surface area contributed by atoms with Crippen molar-refractivity contribution in [2.24, 2.45) is 0 Å². The number of benzene rings is 2. The van der Waals surface area contributed by atoms with Crippen molar-refractivity contribution in [1.82, 2.24) is 25.7 Å². The van der Waals surface area contributed by atoms with E-state index < -0.39 is 23.4 Å².